The van der Waals surface area contributed by atoms with Crippen LogP contribution in [0.1, 0.15) is 59.1 Å². The Labute approximate surface area is 208 Å². The standard InChI is InChI=1S/C27H38N6O2/c1-18-7-5-8-20-9-6-11-27(22(18)20)12-10-21-24(33-15-13-28-14-16-33)30-23(31-26(21)35-27)25(34)29-19(2)17-32(3)4/h5,7-8,19,28H,6,9-17H2,1-4H3,(H,29,34). The highest BCUT2D eigenvalue weighted by Gasteiger charge is 2.44. The molecule has 35 heavy (non-hydrogen) atoms. The first-order valence-corrected chi connectivity index (χ1v) is 13.0. The van der Waals surface area contributed by atoms with Crippen molar-refractivity contribution in [2.24, 2.45) is 0 Å². The topological polar surface area (TPSA) is 82.6 Å². The third-order valence-electron chi connectivity index (χ3n) is 7.50. The number of fused-ring (bicyclic) bond motifs is 3. The molecule has 2 atom stereocenters. The molecule has 1 aliphatic carbocycles. The molecule has 3 heterocycles. The van der Waals surface area contributed by atoms with E-state index in [0.29, 0.717) is 5.88 Å². The van der Waals surface area contributed by atoms with Gasteiger partial charge in [0.2, 0.25) is 11.7 Å². The monoisotopic (exact) mass is 478 g/mol. The predicted molar refractivity (Wildman–Crippen MR) is 137 cm³/mol. The van der Waals surface area contributed by atoms with Gasteiger partial charge in [-0.15, -0.1) is 0 Å². The number of rotatable bonds is 5. The van der Waals surface area contributed by atoms with Gasteiger partial charge >= 0.3 is 0 Å². The van der Waals surface area contributed by atoms with Crippen molar-refractivity contribution in [2.75, 3.05) is 51.7 Å². The van der Waals surface area contributed by atoms with Crippen molar-refractivity contribution in [3.8, 4) is 5.88 Å². The van der Waals surface area contributed by atoms with Crippen molar-refractivity contribution in [1.82, 2.24) is 25.5 Å². The number of aromatic nitrogens is 2. The van der Waals surface area contributed by atoms with Crippen molar-refractivity contribution >= 4 is 11.7 Å². The van der Waals surface area contributed by atoms with Crippen LogP contribution in [0.3, 0.4) is 0 Å². The summed E-state index contributed by atoms with van der Waals surface area (Å²) in [6, 6.07) is 6.55. The molecule has 0 bridgehead atoms. The van der Waals surface area contributed by atoms with Crippen molar-refractivity contribution in [1.29, 1.82) is 0 Å². The predicted octanol–water partition coefficient (Wildman–Crippen LogP) is 2.43. The van der Waals surface area contributed by atoms with Gasteiger partial charge in [-0.05, 0) is 71.2 Å². The van der Waals surface area contributed by atoms with Gasteiger partial charge < -0.3 is 25.2 Å². The lowest BCUT2D eigenvalue weighted by Gasteiger charge is -2.44. The second kappa shape index (κ2) is 9.74. The second-order valence-electron chi connectivity index (χ2n) is 10.6. The largest absolute Gasteiger partial charge is 0.466 e. The van der Waals surface area contributed by atoms with E-state index in [9.17, 15) is 4.79 Å². The highest BCUT2D eigenvalue weighted by molar-refractivity contribution is 5.91. The molecule has 5 rings (SSSR count). The molecule has 8 heteroatoms. The van der Waals surface area contributed by atoms with E-state index in [0.717, 1.165) is 76.2 Å². The van der Waals surface area contributed by atoms with E-state index in [1.165, 1.54) is 16.7 Å². The van der Waals surface area contributed by atoms with Gasteiger partial charge in [0.15, 0.2) is 0 Å². The Morgan fingerprint density at radius 3 is 2.80 bits per heavy atom. The molecule has 2 N–H and O–H groups in total. The quantitative estimate of drug-likeness (QED) is 0.683. The molecule has 8 nitrogen and oxygen atoms in total. The Bertz CT molecular complexity index is 1100. The van der Waals surface area contributed by atoms with E-state index in [4.69, 9.17) is 14.7 Å². The van der Waals surface area contributed by atoms with E-state index in [2.05, 4.69) is 45.6 Å². The Hall–Kier alpha value is -2.71. The molecule has 1 aromatic heterocycles. The Morgan fingerprint density at radius 1 is 1.23 bits per heavy atom. The Balaban J connectivity index is 1.53. The number of nitrogens with one attached hydrogen (secondary N) is 2. The van der Waals surface area contributed by atoms with Gasteiger partial charge in [-0.3, -0.25) is 4.79 Å². The number of benzene rings is 1. The summed E-state index contributed by atoms with van der Waals surface area (Å²) in [5.41, 5.74) is 4.64. The lowest BCUT2D eigenvalue weighted by Crippen LogP contribution is -2.46. The number of piperazine rings is 1. The lowest BCUT2D eigenvalue weighted by molar-refractivity contribution is 0.0191. The summed E-state index contributed by atoms with van der Waals surface area (Å²) in [5, 5.41) is 6.48. The van der Waals surface area contributed by atoms with Crippen LogP contribution in [-0.4, -0.2) is 73.6 Å². The van der Waals surface area contributed by atoms with E-state index in [1.54, 1.807) is 0 Å². The molecule has 1 spiro atoms. The number of ether oxygens (including phenoxy) is 1. The fourth-order valence-electron chi connectivity index (χ4n) is 6.07. The van der Waals surface area contributed by atoms with Gasteiger partial charge in [-0.1, -0.05) is 18.2 Å². The van der Waals surface area contributed by atoms with Gasteiger partial charge in [0.05, 0.1) is 5.56 Å². The van der Waals surface area contributed by atoms with Crippen LogP contribution < -0.4 is 20.3 Å². The van der Waals surface area contributed by atoms with Crippen LogP contribution in [0.4, 0.5) is 5.82 Å². The molecule has 1 fully saturated rings. The molecule has 188 valence electrons. The number of carbonyl (C=O) groups excluding carboxylic acids is 1. The SMILES string of the molecule is Cc1cccc2c1C1(CCC2)CCc2c(nc(C(=O)NC(C)CN(C)C)nc2N2CCNCC2)O1. The summed E-state index contributed by atoms with van der Waals surface area (Å²) in [5.74, 6) is 1.39. The minimum absolute atomic E-state index is 0.0140. The molecule has 1 amide bonds. The molecule has 2 aliphatic heterocycles. The number of aryl methyl sites for hydroxylation is 2. The number of likely N-dealkylation sites (N-methyl/N-ethyl adjacent to an activating group) is 1. The molecular weight excluding hydrogens is 440 g/mol. The maximum absolute atomic E-state index is 13.2. The van der Waals surface area contributed by atoms with Gasteiger partial charge in [-0.2, -0.15) is 4.98 Å². The number of amides is 1. The van der Waals surface area contributed by atoms with Crippen LogP contribution >= 0.6 is 0 Å². The first kappa shape index (κ1) is 24.0. The number of carbonyl (C=O) groups is 1. The fourth-order valence-corrected chi connectivity index (χ4v) is 6.07. The minimum atomic E-state index is -0.382. The smallest absolute Gasteiger partial charge is 0.289 e. The molecule has 1 aromatic carbocycles. The van der Waals surface area contributed by atoms with Crippen LogP contribution in [-0.2, 0) is 18.4 Å². The zero-order valence-electron chi connectivity index (χ0n) is 21.5. The molecule has 3 aliphatic rings. The normalized spacial score (nSPS) is 22.4. The van der Waals surface area contributed by atoms with Gasteiger partial charge in [0, 0.05) is 44.3 Å². The average molecular weight is 479 g/mol. The maximum atomic E-state index is 13.2. The summed E-state index contributed by atoms with van der Waals surface area (Å²) in [7, 11) is 4.00. The van der Waals surface area contributed by atoms with Crippen LogP contribution in [0.25, 0.3) is 0 Å². The number of nitrogens with zero attached hydrogens (tertiary/aromatic N) is 4. The second-order valence-corrected chi connectivity index (χ2v) is 10.6. The number of hydrogen-bond donors (Lipinski definition) is 2. The first-order valence-electron chi connectivity index (χ1n) is 13.0. The molecule has 2 unspecified atom stereocenters. The van der Waals surface area contributed by atoms with E-state index in [-0.39, 0.29) is 23.4 Å². The van der Waals surface area contributed by atoms with E-state index >= 15 is 0 Å². The fraction of sp³-hybridized carbons (Fsp3) is 0.593. The van der Waals surface area contributed by atoms with Crippen molar-refractivity contribution < 1.29 is 9.53 Å². The maximum Gasteiger partial charge on any atom is 0.289 e. The Morgan fingerprint density at radius 2 is 2.03 bits per heavy atom. The average Bonchev–Trinajstić information content (AvgIpc) is 2.83. The minimum Gasteiger partial charge on any atom is -0.466 e. The van der Waals surface area contributed by atoms with Crippen LogP contribution in [0.5, 0.6) is 5.88 Å². The number of hydrogen-bond acceptors (Lipinski definition) is 7. The number of anilines is 1. The highest BCUT2D eigenvalue weighted by atomic mass is 16.5. The third-order valence-corrected chi connectivity index (χ3v) is 7.50. The molecule has 0 radical (unpaired) electrons. The van der Waals surface area contributed by atoms with E-state index in [1.807, 2.05) is 21.0 Å². The van der Waals surface area contributed by atoms with Gasteiger partial charge in [-0.25, -0.2) is 4.98 Å². The zero-order valence-corrected chi connectivity index (χ0v) is 21.5. The van der Waals surface area contributed by atoms with Crippen LogP contribution in [0.15, 0.2) is 18.2 Å². The lowest BCUT2D eigenvalue weighted by atomic mass is 9.73. The van der Waals surface area contributed by atoms with Gasteiger partial charge in [0.25, 0.3) is 5.91 Å². The van der Waals surface area contributed by atoms with Crippen molar-refractivity contribution in [2.45, 2.75) is 57.6 Å². The third kappa shape index (κ3) is 4.74. The molecule has 0 saturated carbocycles. The summed E-state index contributed by atoms with van der Waals surface area (Å²) < 4.78 is 6.88. The zero-order chi connectivity index (χ0) is 24.6. The Kier molecular flexibility index (Phi) is 6.68. The highest BCUT2D eigenvalue weighted by Crippen LogP contribution is 2.48. The van der Waals surface area contributed by atoms with Gasteiger partial charge in [0.1, 0.15) is 11.4 Å². The van der Waals surface area contributed by atoms with Crippen LogP contribution in [0, 0.1) is 6.92 Å². The molecule has 2 aromatic rings. The summed E-state index contributed by atoms with van der Waals surface area (Å²) in [4.78, 5) is 27.1. The van der Waals surface area contributed by atoms with E-state index < -0.39 is 0 Å². The summed E-state index contributed by atoms with van der Waals surface area (Å²) >= 11 is 0. The van der Waals surface area contributed by atoms with Crippen LogP contribution in [0.2, 0.25) is 0 Å². The first-order chi connectivity index (χ1) is 16.9. The van der Waals surface area contributed by atoms with Crippen molar-refractivity contribution in [3.63, 3.8) is 0 Å². The van der Waals surface area contributed by atoms with Crippen molar-refractivity contribution in [3.05, 3.63) is 46.3 Å². The summed E-state index contributed by atoms with van der Waals surface area (Å²) in [6.07, 6.45) is 4.91. The molecular formula is C27H38N6O2. The summed E-state index contributed by atoms with van der Waals surface area (Å²) in [6.45, 7) is 8.44. The molecule has 1 saturated heterocycles.